The molecule has 1 atom stereocenters. The van der Waals surface area contributed by atoms with Gasteiger partial charge in [-0.25, -0.2) is 0 Å². The number of nitrogens with zero attached hydrogens (tertiary/aromatic N) is 1. The smallest absolute Gasteiger partial charge is 0.154 e. The molecule has 0 spiro atoms. The molecular weight excluding hydrogens is 236 g/mol. The normalized spacial score (nSPS) is 18.9. The van der Waals surface area contributed by atoms with Gasteiger partial charge in [0.1, 0.15) is 5.69 Å². The van der Waals surface area contributed by atoms with Crippen molar-refractivity contribution >= 4 is 12.4 Å². The highest BCUT2D eigenvalue weighted by molar-refractivity contribution is 5.85. The van der Waals surface area contributed by atoms with E-state index in [0.717, 1.165) is 30.0 Å². The minimum absolute atomic E-state index is 0. The molecule has 1 aromatic heterocycles. The Morgan fingerprint density at radius 2 is 2.06 bits per heavy atom. The zero-order chi connectivity index (χ0) is 10.8. The third-order valence-corrected chi connectivity index (χ3v) is 3.00. The van der Waals surface area contributed by atoms with Crippen molar-refractivity contribution in [1.82, 2.24) is 10.5 Å². The zero-order valence-electron chi connectivity index (χ0n) is 9.43. The van der Waals surface area contributed by atoms with Crippen LogP contribution in [0.4, 0.5) is 0 Å². The van der Waals surface area contributed by atoms with E-state index >= 15 is 0 Å². The summed E-state index contributed by atoms with van der Waals surface area (Å²) in [5.74, 6) is 0.955. The lowest BCUT2D eigenvalue weighted by molar-refractivity contribution is 0.353. The van der Waals surface area contributed by atoms with Crippen molar-refractivity contribution in [3.8, 4) is 11.3 Å². The van der Waals surface area contributed by atoms with Crippen molar-refractivity contribution in [3.05, 3.63) is 42.2 Å². The van der Waals surface area contributed by atoms with Gasteiger partial charge in [0.05, 0.1) is 6.04 Å². The van der Waals surface area contributed by atoms with Crippen LogP contribution >= 0.6 is 12.4 Å². The van der Waals surface area contributed by atoms with Crippen LogP contribution in [0.1, 0.15) is 24.6 Å². The second-order valence-corrected chi connectivity index (χ2v) is 4.13. The molecule has 1 unspecified atom stereocenters. The molecule has 3 rings (SSSR count). The first-order valence-electron chi connectivity index (χ1n) is 5.69. The summed E-state index contributed by atoms with van der Waals surface area (Å²) in [6, 6.07) is 12.5. The Kier molecular flexibility index (Phi) is 3.82. The van der Waals surface area contributed by atoms with Gasteiger partial charge in [-0.1, -0.05) is 35.5 Å². The molecule has 1 aliphatic heterocycles. The van der Waals surface area contributed by atoms with Gasteiger partial charge in [-0.05, 0) is 19.4 Å². The summed E-state index contributed by atoms with van der Waals surface area (Å²) in [6.07, 6.45) is 2.36. The third kappa shape index (κ3) is 2.51. The number of hydrogen-bond donors (Lipinski definition) is 1. The van der Waals surface area contributed by atoms with E-state index in [1.54, 1.807) is 0 Å². The van der Waals surface area contributed by atoms with E-state index in [1.165, 1.54) is 6.42 Å². The standard InChI is InChI=1S/C13H14N2O.ClH/c1-2-5-10(6-3-1)12-9-13(16-15-12)11-7-4-8-14-11;/h1-3,5-6,9,11,14H,4,7-8H2;1H. The van der Waals surface area contributed by atoms with Gasteiger partial charge in [-0.15, -0.1) is 12.4 Å². The lowest BCUT2D eigenvalue weighted by Gasteiger charge is -2.02. The maximum absolute atomic E-state index is 5.39. The molecule has 4 heteroatoms. The molecule has 2 heterocycles. The maximum Gasteiger partial charge on any atom is 0.154 e. The van der Waals surface area contributed by atoms with Crippen molar-refractivity contribution in [2.45, 2.75) is 18.9 Å². The van der Waals surface area contributed by atoms with Gasteiger partial charge in [0.25, 0.3) is 0 Å². The molecule has 1 N–H and O–H groups in total. The minimum Gasteiger partial charge on any atom is -0.359 e. The van der Waals surface area contributed by atoms with E-state index in [1.807, 2.05) is 36.4 Å². The van der Waals surface area contributed by atoms with Gasteiger partial charge in [0.2, 0.25) is 0 Å². The first kappa shape index (κ1) is 12.1. The average Bonchev–Trinajstić information content (AvgIpc) is 3.01. The molecule has 1 saturated heterocycles. The van der Waals surface area contributed by atoms with Crippen LogP contribution in [0.25, 0.3) is 11.3 Å². The highest BCUT2D eigenvalue weighted by atomic mass is 35.5. The van der Waals surface area contributed by atoms with Crippen molar-refractivity contribution < 1.29 is 4.52 Å². The molecule has 0 saturated carbocycles. The first-order valence-corrected chi connectivity index (χ1v) is 5.69. The van der Waals surface area contributed by atoms with Crippen molar-refractivity contribution in [2.24, 2.45) is 0 Å². The Morgan fingerprint density at radius 3 is 2.76 bits per heavy atom. The summed E-state index contributed by atoms with van der Waals surface area (Å²) < 4.78 is 5.39. The van der Waals surface area contributed by atoms with Crippen molar-refractivity contribution in [1.29, 1.82) is 0 Å². The Balaban J connectivity index is 0.00000108. The van der Waals surface area contributed by atoms with E-state index < -0.39 is 0 Å². The van der Waals surface area contributed by atoms with Crippen LogP contribution in [0.15, 0.2) is 40.9 Å². The van der Waals surface area contributed by atoms with Crippen LogP contribution in [0, 0.1) is 0 Å². The van der Waals surface area contributed by atoms with Gasteiger partial charge in [-0.2, -0.15) is 0 Å². The number of nitrogens with one attached hydrogen (secondary N) is 1. The number of benzene rings is 1. The van der Waals surface area contributed by atoms with Crippen molar-refractivity contribution in [3.63, 3.8) is 0 Å². The van der Waals surface area contributed by atoms with Crippen LogP contribution in [0.3, 0.4) is 0 Å². The fourth-order valence-electron chi connectivity index (χ4n) is 2.13. The van der Waals surface area contributed by atoms with E-state index in [0.29, 0.717) is 6.04 Å². The molecular formula is C13H15ClN2O. The van der Waals surface area contributed by atoms with Gasteiger partial charge in [0, 0.05) is 11.6 Å². The molecule has 1 aliphatic rings. The largest absolute Gasteiger partial charge is 0.359 e. The summed E-state index contributed by atoms with van der Waals surface area (Å²) in [5.41, 5.74) is 2.03. The molecule has 90 valence electrons. The lowest BCUT2D eigenvalue weighted by atomic mass is 10.1. The monoisotopic (exact) mass is 250 g/mol. The maximum atomic E-state index is 5.39. The van der Waals surface area contributed by atoms with Crippen LogP contribution in [0.5, 0.6) is 0 Å². The Hall–Kier alpha value is -1.32. The molecule has 0 bridgehead atoms. The predicted molar refractivity (Wildman–Crippen MR) is 69.2 cm³/mol. The fourth-order valence-corrected chi connectivity index (χ4v) is 2.13. The summed E-state index contributed by atoms with van der Waals surface area (Å²) in [7, 11) is 0. The lowest BCUT2D eigenvalue weighted by Crippen LogP contribution is -2.11. The molecule has 1 aromatic carbocycles. The highest BCUT2D eigenvalue weighted by Crippen LogP contribution is 2.26. The van der Waals surface area contributed by atoms with Crippen LogP contribution in [0.2, 0.25) is 0 Å². The average molecular weight is 251 g/mol. The molecule has 3 nitrogen and oxygen atoms in total. The van der Waals surface area contributed by atoms with E-state index in [-0.39, 0.29) is 12.4 Å². The summed E-state index contributed by atoms with van der Waals surface area (Å²) in [6.45, 7) is 1.08. The number of hydrogen-bond acceptors (Lipinski definition) is 3. The highest BCUT2D eigenvalue weighted by Gasteiger charge is 2.20. The molecule has 17 heavy (non-hydrogen) atoms. The second kappa shape index (κ2) is 5.34. The van der Waals surface area contributed by atoms with E-state index in [2.05, 4.69) is 10.5 Å². The van der Waals surface area contributed by atoms with Gasteiger partial charge in [0.15, 0.2) is 5.76 Å². The molecule has 2 aromatic rings. The van der Waals surface area contributed by atoms with Gasteiger partial charge in [-0.3, -0.25) is 0 Å². The van der Waals surface area contributed by atoms with Gasteiger partial charge < -0.3 is 9.84 Å². The van der Waals surface area contributed by atoms with Gasteiger partial charge >= 0.3 is 0 Å². The van der Waals surface area contributed by atoms with Crippen LogP contribution in [-0.2, 0) is 0 Å². The topological polar surface area (TPSA) is 38.1 Å². The fraction of sp³-hybridized carbons (Fsp3) is 0.308. The second-order valence-electron chi connectivity index (χ2n) is 4.13. The molecule has 1 fully saturated rings. The Bertz CT molecular complexity index is 463. The molecule has 0 aliphatic carbocycles. The zero-order valence-corrected chi connectivity index (χ0v) is 10.2. The summed E-state index contributed by atoms with van der Waals surface area (Å²) in [5, 5.41) is 7.52. The predicted octanol–water partition coefficient (Wildman–Crippen LogP) is 3.19. The van der Waals surface area contributed by atoms with Crippen LogP contribution in [-0.4, -0.2) is 11.7 Å². The van der Waals surface area contributed by atoms with E-state index in [9.17, 15) is 0 Å². The van der Waals surface area contributed by atoms with Crippen molar-refractivity contribution in [2.75, 3.05) is 6.54 Å². The number of rotatable bonds is 2. The molecule has 0 radical (unpaired) electrons. The van der Waals surface area contributed by atoms with Crippen LogP contribution < -0.4 is 5.32 Å². The molecule has 0 amide bonds. The Labute approximate surface area is 107 Å². The summed E-state index contributed by atoms with van der Waals surface area (Å²) in [4.78, 5) is 0. The number of halogens is 1. The summed E-state index contributed by atoms with van der Waals surface area (Å²) >= 11 is 0. The SMILES string of the molecule is Cl.c1ccc(-c2cc(C3CCCN3)on2)cc1. The third-order valence-electron chi connectivity index (χ3n) is 3.00. The quantitative estimate of drug-likeness (QED) is 0.890. The first-order chi connectivity index (χ1) is 7.93. The minimum atomic E-state index is 0. The Morgan fingerprint density at radius 1 is 1.24 bits per heavy atom. The number of aromatic nitrogens is 1. The van der Waals surface area contributed by atoms with E-state index in [4.69, 9.17) is 4.52 Å².